The van der Waals surface area contributed by atoms with Gasteiger partial charge in [0.2, 0.25) is 11.8 Å². The Hall–Kier alpha value is -3.12. The SMILES string of the molecule is O=C(C[C@@H]1C/C=C/CCC(=O)O[C@H](c2ccccc2)CNC1=O)NCc1cccc(Cl)c1. The summed E-state index contributed by atoms with van der Waals surface area (Å²) in [6.07, 6.45) is 4.39. The Bertz CT molecular complexity index is 961. The van der Waals surface area contributed by atoms with Crippen molar-refractivity contribution in [2.75, 3.05) is 6.54 Å². The lowest BCUT2D eigenvalue weighted by molar-refractivity contribution is -0.150. The van der Waals surface area contributed by atoms with Crippen molar-refractivity contribution in [3.63, 3.8) is 0 Å². The molecule has 0 spiro atoms. The number of carbonyl (C=O) groups excluding carboxylic acids is 3. The average Bonchev–Trinajstić information content (AvgIpc) is 2.79. The van der Waals surface area contributed by atoms with E-state index in [1.807, 2.05) is 54.6 Å². The topological polar surface area (TPSA) is 84.5 Å². The van der Waals surface area contributed by atoms with Crippen molar-refractivity contribution in [2.24, 2.45) is 5.92 Å². The first-order valence-corrected chi connectivity index (χ1v) is 11.1. The molecule has 1 aliphatic rings. The highest BCUT2D eigenvalue weighted by molar-refractivity contribution is 6.30. The predicted octanol–water partition coefficient (Wildman–Crippen LogP) is 4.10. The van der Waals surface area contributed by atoms with Crippen LogP contribution in [-0.4, -0.2) is 24.3 Å². The third-order valence-corrected chi connectivity index (χ3v) is 5.43. The summed E-state index contributed by atoms with van der Waals surface area (Å²) in [6.45, 7) is 0.495. The normalized spacial score (nSPS) is 20.8. The number of nitrogens with one attached hydrogen (secondary N) is 2. The zero-order valence-electron chi connectivity index (χ0n) is 17.8. The molecule has 6 nitrogen and oxygen atoms in total. The van der Waals surface area contributed by atoms with Crippen LogP contribution in [0, 0.1) is 5.92 Å². The van der Waals surface area contributed by atoms with E-state index in [-0.39, 0.29) is 37.2 Å². The molecular weight excluding hydrogens is 428 g/mol. The van der Waals surface area contributed by atoms with E-state index in [0.29, 0.717) is 24.4 Å². The van der Waals surface area contributed by atoms with Gasteiger partial charge in [0.15, 0.2) is 0 Å². The Labute approximate surface area is 193 Å². The van der Waals surface area contributed by atoms with Gasteiger partial charge in [-0.15, -0.1) is 0 Å². The second-order valence-electron chi connectivity index (χ2n) is 7.69. The van der Waals surface area contributed by atoms with Gasteiger partial charge in [-0.3, -0.25) is 14.4 Å². The van der Waals surface area contributed by atoms with E-state index >= 15 is 0 Å². The molecule has 0 radical (unpaired) electrons. The first-order valence-electron chi connectivity index (χ1n) is 10.7. The Morgan fingerprint density at radius 1 is 1.09 bits per heavy atom. The Balaban J connectivity index is 1.63. The molecule has 0 bridgehead atoms. The summed E-state index contributed by atoms with van der Waals surface area (Å²) in [4.78, 5) is 37.5. The van der Waals surface area contributed by atoms with Gasteiger partial charge in [-0.25, -0.2) is 0 Å². The van der Waals surface area contributed by atoms with Crippen LogP contribution in [-0.2, 0) is 25.7 Å². The zero-order chi connectivity index (χ0) is 22.8. The lowest BCUT2D eigenvalue weighted by Crippen LogP contribution is -2.37. The van der Waals surface area contributed by atoms with Crippen LogP contribution in [0.1, 0.15) is 42.9 Å². The summed E-state index contributed by atoms with van der Waals surface area (Å²) in [5.74, 6) is -1.28. The molecule has 0 saturated heterocycles. The summed E-state index contributed by atoms with van der Waals surface area (Å²) in [6, 6.07) is 16.6. The molecule has 1 heterocycles. The summed E-state index contributed by atoms with van der Waals surface area (Å²) in [5.41, 5.74) is 1.70. The fourth-order valence-corrected chi connectivity index (χ4v) is 3.67. The molecule has 2 amide bonds. The van der Waals surface area contributed by atoms with Crippen LogP contribution in [0.25, 0.3) is 0 Å². The lowest BCUT2D eigenvalue weighted by atomic mass is 9.98. The van der Waals surface area contributed by atoms with Crippen LogP contribution in [0.15, 0.2) is 66.7 Å². The van der Waals surface area contributed by atoms with Crippen molar-refractivity contribution in [2.45, 2.75) is 38.3 Å². The highest BCUT2D eigenvalue weighted by Gasteiger charge is 2.24. The van der Waals surface area contributed by atoms with Crippen LogP contribution < -0.4 is 10.6 Å². The van der Waals surface area contributed by atoms with Crippen LogP contribution in [0.3, 0.4) is 0 Å². The number of esters is 1. The number of carbonyl (C=O) groups is 3. The van der Waals surface area contributed by atoms with Crippen molar-refractivity contribution in [3.8, 4) is 0 Å². The van der Waals surface area contributed by atoms with Gasteiger partial charge in [0.1, 0.15) is 6.10 Å². The number of allylic oxidation sites excluding steroid dienone is 2. The molecular formula is C25H27ClN2O4. The van der Waals surface area contributed by atoms with Crippen molar-refractivity contribution in [1.29, 1.82) is 0 Å². The number of ether oxygens (including phenoxy) is 1. The van der Waals surface area contributed by atoms with E-state index in [1.54, 1.807) is 12.1 Å². The zero-order valence-corrected chi connectivity index (χ0v) is 18.5. The van der Waals surface area contributed by atoms with Gasteiger partial charge in [0.05, 0.1) is 12.5 Å². The monoisotopic (exact) mass is 454 g/mol. The summed E-state index contributed by atoms with van der Waals surface area (Å²) in [7, 11) is 0. The third kappa shape index (κ3) is 7.54. The number of amides is 2. The lowest BCUT2D eigenvalue weighted by Gasteiger charge is -2.21. The van der Waals surface area contributed by atoms with Crippen molar-refractivity contribution in [1.82, 2.24) is 10.6 Å². The van der Waals surface area contributed by atoms with Crippen molar-refractivity contribution >= 4 is 29.4 Å². The minimum atomic E-state index is -0.576. The first-order chi connectivity index (χ1) is 15.5. The predicted molar refractivity (Wildman–Crippen MR) is 123 cm³/mol. The first kappa shape index (κ1) is 23.5. The second kappa shape index (κ2) is 12.1. The summed E-state index contributed by atoms with van der Waals surface area (Å²) >= 11 is 5.98. The smallest absolute Gasteiger partial charge is 0.306 e. The van der Waals surface area contributed by atoms with E-state index in [2.05, 4.69) is 10.6 Å². The second-order valence-corrected chi connectivity index (χ2v) is 8.12. The van der Waals surface area contributed by atoms with E-state index < -0.39 is 12.0 Å². The van der Waals surface area contributed by atoms with Gasteiger partial charge in [-0.05, 0) is 36.1 Å². The molecule has 0 fully saturated rings. The molecule has 3 rings (SSSR count). The molecule has 2 aromatic rings. The Kier molecular flexibility index (Phi) is 8.87. The highest BCUT2D eigenvalue weighted by atomic mass is 35.5. The number of halogens is 1. The molecule has 1 aliphatic heterocycles. The molecule has 7 heteroatoms. The molecule has 168 valence electrons. The minimum Gasteiger partial charge on any atom is -0.456 e. The maximum absolute atomic E-state index is 12.9. The van der Waals surface area contributed by atoms with E-state index in [1.165, 1.54) is 0 Å². The molecule has 2 aromatic carbocycles. The van der Waals surface area contributed by atoms with Gasteiger partial charge in [0, 0.05) is 24.4 Å². The molecule has 0 unspecified atom stereocenters. The van der Waals surface area contributed by atoms with Gasteiger partial charge in [0.25, 0.3) is 0 Å². The molecule has 0 aliphatic carbocycles. The molecule has 0 saturated carbocycles. The molecule has 32 heavy (non-hydrogen) atoms. The fraction of sp³-hybridized carbons (Fsp3) is 0.320. The van der Waals surface area contributed by atoms with Gasteiger partial charge in [-0.1, -0.05) is 66.2 Å². The number of cyclic esters (lactones) is 1. The Morgan fingerprint density at radius 2 is 1.91 bits per heavy atom. The van der Waals surface area contributed by atoms with Crippen LogP contribution in [0.2, 0.25) is 5.02 Å². The largest absolute Gasteiger partial charge is 0.456 e. The van der Waals surface area contributed by atoms with E-state index in [9.17, 15) is 14.4 Å². The average molecular weight is 455 g/mol. The summed E-state index contributed by atoms with van der Waals surface area (Å²) in [5, 5.41) is 6.31. The maximum Gasteiger partial charge on any atom is 0.306 e. The van der Waals surface area contributed by atoms with Crippen molar-refractivity contribution < 1.29 is 19.1 Å². The molecule has 2 N–H and O–H groups in total. The van der Waals surface area contributed by atoms with Crippen LogP contribution in [0.4, 0.5) is 0 Å². The van der Waals surface area contributed by atoms with Crippen LogP contribution >= 0.6 is 11.6 Å². The summed E-state index contributed by atoms with van der Waals surface area (Å²) < 4.78 is 5.59. The number of hydrogen-bond donors (Lipinski definition) is 2. The van der Waals surface area contributed by atoms with Crippen molar-refractivity contribution in [3.05, 3.63) is 82.9 Å². The molecule has 0 aromatic heterocycles. The standard InChI is InChI=1S/C25H27ClN2O4/c26-21-12-7-8-18(14-21)16-27-23(29)15-20-11-5-2-6-13-24(30)32-22(17-28-25(20)31)19-9-3-1-4-10-19/h1-5,7-10,12,14,20,22H,6,11,13,15-17H2,(H,27,29)(H,28,31)/b5-2+/t20-,22-/m0/s1. The van der Waals surface area contributed by atoms with E-state index in [0.717, 1.165) is 11.1 Å². The highest BCUT2D eigenvalue weighted by Crippen LogP contribution is 2.20. The van der Waals surface area contributed by atoms with Gasteiger partial charge >= 0.3 is 5.97 Å². The van der Waals surface area contributed by atoms with Gasteiger partial charge in [-0.2, -0.15) is 0 Å². The fourth-order valence-electron chi connectivity index (χ4n) is 3.46. The number of benzene rings is 2. The third-order valence-electron chi connectivity index (χ3n) is 5.19. The molecule has 2 atom stereocenters. The number of rotatable bonds is 5. The minimum absolute atomic E-state index is 0.0620. The van der Waals surface area contributed by atoms with Gasteiger partial charge < -0.3 is 15.4 Å². The van der Waals surface area contributed by atoms with Crippen LogP contribution in [0.5, 0.6) is 0 Å². The Morgan fingerprint density at radius 3 is 2.69 bits per heavy atom. The number of hydrogen-bond acceptors (Lipinski definition) is 4. The quantitative estimate of drug-likeness (QED) is 0.526. The van der Waals surface area contributed by atoms with E-state index in [4.69, 9.17) is 16.3 Å². The maximum atomic E-state index is 12.9.